The fraction of sp³-hybridized carbons (Fsp3) is 0.261. The summed E-state index contributed by atoms with van der Waals surface area (Å²) >= 11 is 0. The molecule has 3 N–H and O–H groups in total. The number of nitrogens with one attached hydrogen (secondary N) is 3. The number of H-pyrrole nitrogens is 1. The van der Waals surface area contributed by atoms with Gasteiger partial charge in [0.2, 0.25) is 11.3 Å². The molecule has 1 aliphatic rings. The van der Waals surface area contributed by atoms with E-state index in [-0.39, 0.29) is 29.5 Å². The van der Waals surface area contributed by atoms with Crippen LogP contribution in [0.15, 0.2) is 65.6 Å². The maximum absolute atomic E-state index is 12.5. The zero-order valence-corrected chi connectivity index (χ0v) is 16.6. The number of hydrogen-bond acceptors (Lipinski definition) is 4. The number of nitrogens with zero attached hydrogens (tertiary/aromatic N) is 1. The number of aromatic amines is 1. The number of fused-ring (bicyclic) bond motifs is 1. The first kappa shape index (κ1) is 19.8. The van der Waals surface area contributed by atoms with E-state index < -0.39 is 5.91 Å². The zero-order valence-electron chi connectivity index (χ0n) is 16.6. The number of rotatable bonds is 6. The second kappa shape index (κ2) is 8.92. The van der Waals surface area contributed by atoms with Gasteiger partial charge in [0.05, 0.1) is 6.54 Å². The maximum atomic E-state index is 12.5. The van der Waals surface area contributed by atoms with Crippen LogP contribution in [0.4, 0.5) is 0 Å². The van der Waals surface area contributed by atoms with Crippen molar-refractivity contribution >= 4 is 22.7 Å². The van der Waals surface area contributed by atoms with Gasteiger partial charge in [-0.3, -0.25) is 19.3 Å². The molecule has 0 spiro atoms. The maximum Gasteiger partial charge on any atom is 0.257 e. The quantitative estimate of drug-likeness (QED) is 0.582. The molecule has 2 aromatic carbocycles. The molecule has 0 radical (unpaired) electrons. The van der Waals surface area contributed by atoms with Gasteiger partial charge in [0.15, 0.2) is 0 Å². The first-order chi connectivity index (χ1) is 14.6. The minimum atomic E-state index is -0.561. The number of para-hydroxylation sites is 1. The minimum absolute atomic E-state index is 0.00333. The molecule has 7 heteroatoms. The Bertz CT molecular complexity index is 1110. The Morgan fingerprint density at radius 3 is 2.67 bits per heavy atom. The van der Waals surface area contributed by atoms with Gasteiger partial charge in [-0.1, -0.05) is 42.5 Å². The Labute approximate surface area is 174 Å². The lowest BCUT2D eigenvalue weighted by Gasteiger charge is -2.17. The predicted molar refractivity (Wildman–Crippen MR) is 115 cm³/mol. The van der Waals surface area contributed by atoms with Gasteiger partial charge in [0.1, 0.15) is 5.56 Å². The lowest BCUT2D eigenvalue weighted by Crippen LogP contribution is -2.43. The molecule has 0 saturated carbocycles. The van der Waals surface area contributed by atoms with Crippen molar-refractivity contribution in [2.24, 2.45) is 0 Å². The van der Waals surface area contributed by atoms with Crippen LogP contribution < -0.4 is 16.1 Å². The number of hydrogen-bond donors (Lipinski definition) is 3. The van der Waals surface area contributed by atoms with Crippen LogP contribution in [0.3, 0.4) is 0 Å². The number of carbonyl (C=O) groups excluding carboxylic acids is 2. The SMILES string of the molecule is O=C(CNC(=O)c1c[nH]c2ccccc2c1=O)NC1CCN(Cc2ccccc2)C1. The third kappa shape index (κ3) is 4.58. The van der Waals surface area contributed by atoms with Crippen LogP contribution in [-0.2, 0) is 11.3 Å². The van der Waals surface area contributed by atoms with E-state index in [4.69, 9.17) is 0 Å². The van der Waals surface area contributed by atoms with Crippen LogP contribution in [0, 0.1) is 0 Å². The van der Waals surface area contributed by atoms with Crippen LogP contribution in [-0.4, -0.2) is 47.4 Å². The highest BCUT2D eigenvalue weighted by molar-refractivity contribution is 5.98. The number of carbonyl (C=O) groups is 2. The lowest BCUT2D eigenvalue weighted by molar-refractivity contribution is -0.120. The molecular weight excluding hydrogens is 380 g/mol. The largest absolute Gasteiger partial charge is 0.360 e. The Hall–Kier alpha value is -3.45. The van der Waals surface area contributed by atoms with Gasteiger partial charge < -0.3 is 15.6 Å². The molecular formula is C23H24N4O3. The summed E-state index contributed by atoms with van der Waals surface area (Å²) in [6, 6.07) is 17.3. The van der Waals surface area contributed by atoms with Gasteiger partial charge in [-0.05, 0) is 24.1 Å². The van der Waals surface area contributed by atoms with E-state index in [1.807, 2.05) is 24.3 Å². The number of aromatic nitrogens is 1. The van der Waals surface area contributed by atoms with Gasteiger partial charge >= 0.3 is 0 Å². The van der Waals surface area contributed by atoms with Gasteiger partial charge in [-0.15, -0.1) is 0 Å². The molecule has 1 saturated heterocycles. The van der Waals surface area contributed by atoms with Crippen molar-refractivity contribution < 1.29 is 9.59 Å². The molecule has 30 heavy (non-hydrogen) atoms. The van der Waals surface area contributed by atoms with Crippen LogP contribution in [0.25, 0.3) is 10.9 Å². The molecule has 154 valence electrons. The molecule has 2 heterocycles. The lowest BCUT2D eigenvalue weighted by atomic mass is 10.1. The van der Waals surface area contributed by atoms with Crippen LogP contribution in [0.2, 0.25) is 0 Å². The summed E-state index contributed by atoms with van der Waals surface area (Å²) in [6.07, 6.45) is 2.26. The summed E-state index contributed by atoms with van der Waals surface area (Å²) in [4.78, 5) is 42.4. The van der Waals surface area contributed by atoms with Crippen molar-refractivity contribution in [3.05, 3.63) is 82.1 Å². The molecule has 2 amide bonds. The van der Waals surface area contributed by atoms with Crippen molar-refractivity contribution in [3.63, 3.8) is 0 Å². The molecule has 1 fully saturated rings. The van der Waals surface area contributed by atoms with E-state index in [2.05, 4.69) is 32.7 Å². The highest BCUT2D eigenvalue weighted by Crippen LogP contribution is 2.13. The summed E-state index contributed by atoms with van der Waals surface area (Å²) in [5, 5.41) is 5.95. The fourth-order valence-electron chi connectivity index (χ4n) is 3.81. The summed E-state index contributed by atoms with van der Waals surface area (Å²) in [6.45, 7) is 2.38. The summed E-state index contributed by atoms with van der Waals surface area (Å²) < 4.78 is 0. The molecule has 0 bridgehead atoms. The number of benzene rings is 2. The van der Waals surface area contributed by atoms with Crippen molar-refractivity contribution in [2.45, 2.75) is 19.0 Å². The van der Waals surface area contributed by atoms with Gasteiger partial charge in [0.25, 0.3) is 5.91 Å². The molecule has 1 atom stereocenters. The zero-order chi connectivity index (χ0) is 20.9. The average Bonchev–Trinajstić information content (AvgIpc) is 3.20. The average molecular weight is 404 g/mol. The Kier molecular flexibility index (Phi) is 5.90. The van der Waals surface area contributed by atoms with Crippen molar-refractivity contribution in [1.82, 2.24) is 20.5 Å². The molecule has 1 unspecified atom stereocenters. The van der Waals surface area contributed by atoms with Gasteiger partial charge in [-0.25, -0.2) is 0 Å². The van der Waals surface area contributed by atoms with Crippen molar-refractivity contribution in [2.75, 3.05) is 19.6 Å². The van der Waals surface area contributed by atoms with Gasteiger partial charge in [0, 0.05) is 42.8 Å². The number of amides is 2. The third-order valence-electron chi connectivity index (χ3n) is 5.33. The van der Waals surface area contributed by atoms with E-state index in [9.17, 15) is 14.4 Å². The minimum Gasteiger partial charge on any atom is -0.360 e. The van der Waals surface area contributed by atoms with Crippen molar-refractivity contribution in [3.8, 4) is 0 Å². The molecule has 1 aromatic heterocycles. The summed E-state index contributed by atoms with van der Waals surface area (Å²) in [5.74, 6) is -0.818. The molecule has 0 aliphatic carbocycles. The first-order valence-electron chi connectivity index (χ1n) is 10.0. The highest BCUT2D eigenvalue weighted by atomic mass is 16.2. The molecule has 1 aliphatic heterocycles. The second-order valence-corrected chi connectivity index (χ2v) is 7.53. The predicted octanol–water partition coefficient (Wildman–Crippen LogP) is 1.65. The van der Waals surface area contributed by atoms with Crippen LogP contribution >= 0.6 is 0 Å². The van der Waals surface area contributed by atoms with E-state index in [1.54, 1.807) is 18.2 Å². The standard InChI is InChI=1S/C23H24N4O3/c28-21(26-17-10-11-27(15-17)14-16-6-2-1-3-7-16)13-25-23(30)19-12-24-20-9-5-4-8-18(20)22(19)29/h1-9,12,17H,10-11,13-15H2,(H,24,29)(H,25,30)(H,26,28). The number of pyridine rings is 1. The van der Waals surface area contributed by atoms with E-state index in [0.717, 1.165) is 26.1 Å². The Morgan fingerprint density at radius 1 is 1.07 bits per heavy atom. The molecule has 4 rings (SSSR count). The number of likely N-dealkylation sites (tertiary alicyclic amines) is 1. The van der Waals surface area contributed by atoms with Gasteiger partial charge in [-0.2, -0.15) is 0 Å². The highest BCUT2D eigenvalue weighted by Gasteiger charge is 2.24. The van der Waals surface area contributed by atoms with E-state index in [1.165, 1.54) is 11.8 Å². The normalized spacial score (nSPS) is 16.5. The monoisotopic (exact) mass is 404 g/mol. The second-order valence-electron chi connectivity index (χ2n) is 7.53. The Balaban J connectivity index is 1.27. The van der Waals surface area contributed by atoms with Crippen LogP contribution in [0.5, 0.6) is 0 Å². The topological polar surface area (TPSA) is 94.3 Å². The van der Waals surface area contributed by atoms with E-state index >= 15 is 0 Å². The molecule has 7 nitrogen and oxygen atoms in total. The first-order valence-corrected chi connectivity index (χ1v) is 10.0. The molecule has 3 aromatic rings. The Morgan fingerprint density at radius 2 is 1.83 bits per heavy atom. The smallest absolute Gasteiger partial charge is 0.257 e. The van der Waals surface area contributed by atoms with E-state index in [0.29, 0.717) is 10.9 Å². The van der Waals surface area contributed by atoms with Crippen LogP contribution in [0.1, 0.15) is 22.3 Å². The summed E-state index contributed by atoms with van der Waals surface area (Å²) in [7, 11) is 0. The fourth-order valence-corrected chi connectivity index (χ4v) is 3.81. The summed E-state index contributed by atoms with van der Waals surface area (Å²) in [5.41, 5.74) is 1.56. The third-order valence-corrected chi connectivity index (χ3v) is 5.33. The van der Waals surface area contributed by atoms with Crippen molar-refractivity contribution in [1.29, 1.82) is 0 Å².